The summed E-state index contributed by atoms with van der Waals surface area (Å²) >= 11 is 1.72. The van der Waals surface area contributed by atoms with E-state index in [9.17, 15) is 0 Å². The fourth-order valence-electron chi connectivity index (χ4n) is 4.74. The number of para-hydroxylation sites is 4. The fraction of sp³-hybridized carbons (Fsp3) is 0. The zero-order chi connectivity index (χ0) is 23.2. The summed E-state index contributed by atoms with van der Waals surface area (Å²) in [6.07, 6.45) is 0. The monoisotopic (exact) mass is 468 g/mol. The molecule has 0 spiro atoms. The van der Waals surface area contributed by atoms with E-state index in [1.54, 1.807) is 11.3 Å². The van der Waals surface area contributed by atoms with E-state index in [4.69, 9.17) is 9.40 Å². The molecule has 35 heavy (non-hydrogen) atoms. The Bertz CT molecular complexity index is 1730. The van der Waals surface area contributed by atoms with Crippen molar-refractivity contribution in [2.24, 2.45) is 0 Å². The second-order valence-corrected chi connectivity index (χ2v) is 9.46. The summed E-state index contributed by atoms with van der Waals surface area (Å²) in [4.78, 5) is 7.23. The number of aromatic nitrogens is 1. The number of thiazole rings is 1. The van der Waals surface area contributed by atoms with Crippen LogP contribution in [-0.2, 0) is 0 Å². The van der Waals surface area contributed by atoms with Crippen LogP contribution in [0, 0.1) is 0 Å². The van der Waals surface area contributed by atoms with Gasteiger partial charge in [0, 0.05) is 27.7 Å². The van der Waals surface area contributed by atoms with Gasteiger partial charge in [-0.15, -0.1) is 11.3 Å². The Morgan fingerprint density at radius 1 is 0.629 bits per heavy atom. The lowest BCUT2D eigenvalue weighted by molar-refractivity contribution is 0.669. The largest absolute Gasteiger partial charge is 0.454 e. The van der Waals surface area contributed by atoms with Crippen LogP contribution in [0.2, 0.25) is 0 Å². The lowest BCUT2D eigenvalue weighted by Gasteiger charge is -2.25. The Hall–Kier alpha value is -4.41. The van der Waals surface area contributed by atoms with Gasteiger partial charge in [0.2, 0.25) is 0 Å². The van der Waals surface area contributed by atoms with E-state index >= 15 is 0 Å². The number of hydrogen-bond donors (Lipinski definition) is 0. The second kappa shape index (κ2) is 8.12. The number of rotatable bonds is 4. The standard InChI is InChI=1S/C31H20N2OS/c1-3-11-21(12-4-1)33(22-13-5-2-6-14-22)26-20-19-24(31-32-25-16-8-10-18-28(25)35-31)29-23-15-7-9-17-27(23)34-30(26)29/h1-20H. The van der Waals surface area contributed by atoms with Gasteiger partial charge in [-0.3, -0.25) is 0 Å². The molecule has 0 N–H and O–H groups in total. The van der Waals surface area contributed by atoms with E-state index in [0.29, 0.717) is 0 Å². The number of nitrogens with zero attached hydrogens (tertiary/aromatic N) is 2. The zero-order valence-electron chi connectivity index (χ0n) is 18.8. The van der Waals surface area contributed by atoms with Crippen LogP contribution in [0.5, 0.6) is 0 Å². The van der Waals surface area contributed by atoms with E-state index in [1.807, 2.05) is 30.3 Å². The first-order valence-corrected chi connectivity index (χ1v) is 12.4. The van der Waals surface area contributed by atoms with Crippen molar-refractivity contribution in [1.29, 1.82) is 0 Å². The molecule has 2 heterocycles. The molecule has 0 aliphatic rings. The average Bonchev–Trinajstić information content (AvgIpc) is 3.53. The Labute approximate surface area is 206 Å². The van der Waals surface area contributed by atoms with Gasteiger partial charge in [0.1, 0.15) is 10.6 Å². The van der Waals surface area contributed by atoms with Gasteiger partial charge in [-0.25, -0.2) is 4.98 Å². The van der Waals surface area contributed by atoms with E-state index in [1.165, 1.54) is 4.70 Å². The van der Waals surface area contributed by atoms with Gasteiger partial charge in [0.25, 0.3) is 0 Å². The first kappa shape index (κ1) is 20.0. The minimum absolute atomic E-state index is 0.857. The van der Waals surface area contributed by atoms with E-state index in [2.05, 4.69) is 95.9 Å². The molecule has 2 aromatic heterocycles. The van der Waals surface area contributed by atoms with Gasteiger partial charge in [-0.2, -0.15) is 0 Å². The van der Waals surface area contributed by atoms with Crippen LogP contribution in [0.15, 0.2) is 126 Å². The first-order valence-electron chi connectivity index (χ1n) is 11.6. The quantitative estimate of drug-likeness (QED) is 0.258. The van der Waals surface area contributed by atoms with Gasteiger partial charge in [-0.05, 0) is 54.6 Å². The fourth-order valence-corrected chi connectivity index (χ4v) is 5.73. The van der Waals surface area contributed by atoms with E-state index < -0.39 is 0 Å². The van der Waals surface area contributed by atoms with Crippen LogP contribution in [0.4, 0.5) is 17.1 Å². The van der Waals surface area contributed by atoms with Crippen molar-refractivity contribution in [3.8, 4) is 10.6 Å². The molecular formula is C31H20N2OS. The van der Waals surface area contributed by atoms with Gasteiger partial charge in [0.15, 0.2) is 5.58 Å². The van der Waals surface area contributed by atoms with Gasteiger partial charge < -0.3 is 9.32 Å². The summed E-state index contributed by atoms with van der Waals surface area (Å²) in [5.74, 6) is 0. The highest BCUT2D eigenvalue weighted by Gasteiger charge is 2.22. The average molecular weight is 469 g/mol. The van der Waals surface area contributed by atoms with E-state index in [0.717, 1.165) is 55.1 Å². The maximum absolute atomic E-state index is 6.58. The van der Waals surface area contributed by atoms with Gasteiger partial charge >= 0.3 is 0 Å². The van der Waals surface area contributed by atoms with Crippen molar-refractivity contribution in [3.63, 3.8) is 0 Å². The molecule has 3 nitrogen and oxygen atoms in total. The molecule has 0 radical (unpaired) electrons. The summed E-state index contributed by atoms with van der Waals surface area (Å²) in [7, 11) is 0. The topological polar surface area (TPSA) is 29.3 Å². The van der Waals surface area contributed by atoms with E-state index in [-0.39, 0.29) is 0 Å². The highest BCUT2D eigenvalue weighted by atomic mass is 32.1. The number of fused-ring (bicyclic) bond motifs is 4. The molecule has 0 atom stereocenters. The summed E-state index contributed by atoms with van der Waals surface area (Å²) in [5, 5.41) is 3.19. The predicted molar refractivity (Wildman–Crippen MR) is 147 cm³/mol. The molecule has 0 aliphatic heterocycles. The number of furan rings is 1. The predicted octanol–water partition coefficient (Wildman–Crippen LogP) is 9.33. The first-order chi connectivity index (χ1) is 17.4. The lowest BCUT2D eigenvalue weighted by Crippen LogP contribution is -2.10. The Kier molecular flexibility index (Phi) is 4.64. The molecule has 5 aromatic carbocycles. The SMILES string of the molecule is c1ccc(N(c2ccccc2)c2ccc(-c3nc4ccccc4s3)c3c2oc2ccccc23)cc1. The Morgan fingerprint density at radius 3 is 2.03 bits per heavy atom. The molecule has 0 saturated heterocycles. The normalized spacial score (nSPS) is 11.4. The number of benzene rings is 5. The smallest absolute Gasteiger partial charge is 0.160 e. The van der Waals surface area contributed by atoms with Gasteiger partial charge in [-0.1, -0.05) is 66.7 Å². The molecule has 7 rings (SSSR count). The summed E-state index contributed by atoms with van der Waals surface area (Å²) in [6, 6.07) is 41.8. The minimum Gasteiger partial charge on any atom is -0.454 e. The summed E-state index contributed by atoms with van der Waals surface area (Å²) in [6.45, 7) is 0. The van der Waals surface area contributed by atoms with Crippen molar-refractivity contribution < 1.29 is 4.42 Å². The molecule has 0 aliphatic carbocycles. The van der Waals surface area contributed by atoms with Crippen molar-refractivity contribution in [2.45, 2.75) is 0 Å². The van der Waals surface area contributed by atoms with Crippen molar-refractivity contribution >= 4 is 60.6 Å². The summed E-state index contributed by atoms with van der Waals surface area (Å²) in [5.41, 5.74) is 7.00. The second-order valence-electron chi connectivity index (χ2n) is 8.43. The Morgan fingerprint density at radius 2 is 1.29 bits per heavy atom. The van der Waals surface area contributed by atoms with Crippen molar-refractivity contribution in [2.75, 3.05) is 4.90 Å². The Balaban J connectivity index is 1.55. The molecule has 7 aromatic rings. The zero-order valence-corrected chi connectivity index (χ0v) is 19.6. The maximum atomic E-state index is 6.58. The van der Waals surface area contributed by atoms with Crippen LogP contribution >= 0.6 is 11.3 Å². The minimum atomic E-state index is 0.857. The van der Waals surface area contributed by atoms with Crippen LogP contribution in [-0.4, -0.2) is 4.98 Å². The molecule has 0 fully saturated rings. The third-order valence-electron chi connectivity index (χ3n) is 6.30. The van der Waals surface area contributed by atoms with Crippen LogP contribution in [0.25, 0.3) is 42.7 Å². The molecule has 0 unspecified atom stereocenters. The number of hydrogen-bond acceptors (Lipinski definition) is 4. The third-order valence-corrected chi connectivity index (χ3v) is 7.37. The molecule has 166 valence electrons. The van der Waals surface area contributed by atoms with Gasteiger partial charge in [0.05, 0.1) is 15.9 Å². The molecule has 0 saturated carbocycles. The molecular weight excluding hydrogens is 448 g/mol. The number of anilines is 3. The van der Waals surface area contributed by atoms with Crippen molar-refractivity contribution in [1.82, 2.24) is 4.98 Å². The van der Waals surface area contributed by atoms with Crippen LogP contribution < -0.4 is 4.90 Å². The highest BCUT2D eigenvalue weighted by molar-refractivity contribution is 7.21. The molecule has 0 bridgehead atoms. The van der Waals surface area contributed by atoms with Crippen LogP contribution in [0.1, 0.15) is 0 Å². The van der Waals surface area contributed by atoms with Crippen LogP contribution in [0.3, 0.4) is 0 Å². The maximum Gasteiger partial charge on any atom is 0.160 e. The summed E-state index contributed by atoms with van der Waals surface area (Å²) < 4.78 is 7.76. The third kappa shape index (κ3) is 3.30. The molecule has 4 heteroatoms. The lowest BCUT2D eigenvalue weighted by atomic mass is 10.0. The van der Waals surface area contributed by atoms with Crippen molar-refractivity contribution in [3.05, 3.63) is 121 Å². The molecule has 0 amide bonds. The highest BCUT2D eigenvalue weighted by Crippen LogP contribution is 2.46.